The molecule has 0 atom stereocenters. The van der Waals surface area contributed by atoms with Crippen molar-refractivity contribution in [1.82, 2.24) is 4.98 Å². The smallest absolute Gasteiger partial charge is 0.211 e. The van der Waals surface area contributed by atoms with Gasteiger partial charge in [-0.2, -0.15) is 0 Å². The monoisotopic (exact) mass is 355 g/mol. The molecular formula is C19H17NO6. The predicted molar refractivity (Wildman–Crippen MR) is 94.0 cm³/mol. The van der Waals surface area contributed by atoms with E-state index >= 15 is 0 Å². The van der Waals surface area contributed by atoms with Gasteiger partial charge in [-0.25, -0.2) is 4.98 Å². The number of methoxy groups -OCH3 is 2. The van der Waals surface area contributed by atoms with Gasteiger partial charge >= 0.3 is 0 Å². The second-order valence-corrected chi connectivity index (χ2v) is 5.55. The molecule has 3 N–H and O–H groups in total. The number of aromatic nitrogens is 1. The van der Waals surface area contributed by atoms with Crippen LogP contribution < -0.4 is 9.47 Å². The van der Waals surface area contributed by atoms with E-state index in [1.54, 1.807) is 18.2 Å². The highest BCUT2D eigenvalue weighted by Gasteiger charge is 2.18. The Bertz CT molecular complexity index is 974. The molecule has 1 aromatic heterocycles. The minimum Gasteiger partial charge on any atom is -0.507 e. The molecule has 7 nitrogen and oxygen atoms in total. The number of ether oxygens (including phenoxy) is 2. The predicted octanol–water partition coefficient (Wildman–Crippen LogP) is 2.39. The van der Waals surface area contributed by atoms with Gasteiger partial charge in [-0.05, 0) is 30.3 Å². The highest BCUT2D eigenvalue weighted by Crippen LogP contribution is 2.37. The standard InChI is InChI=1S/C19H17NO6/c1-25-15-7-11(8-16(26-2)19(15)24)18(23)14-6-4-12-13(20-14)5-3-10(9-21)17(12)22/h3-8,21-22,24H,9H2,1-2H3. The zero-order chi connectivity index (χ0) is 18.8. The Morgan fingerprint density at radius 1 is 1.00 bits per heavy atom. The molecule has 0 aliphatic rings. The van der Waals surface area contributed by atoms with Crippen molar-refractivity contribution >= 4 is 16.7 Å². The van der Waals surface area contributed by atoms with Gasteiger partial charge in [0.15, 0.2) is 11.5 Å². The molecule has 0 fully saturated rings. The third-order valence-corrected chi connectivity index (χ3v) is 4.07. The molecular weight excluding hydrogens is 338 g/mol. The Labute approximate surface area is 149 Å². The van der Waals surface area contributed by atoms with E-state index in [4.69, 9.17) is 9.47 Å². The van der Waals surface area contributed by atoms with Gasteiger partial charge in [0.1, 0.15) is 11.4 Å². The van der Waals surface area contributed by atoms with Crippen LogP contribution in [0.2, 0.25) is 0 Å². The summed E-state index contributed by atoms with van der Waals surface area (Å²) in [6, 6.07) is 9.02. The number of benzene rings is 2. The summed E-state index contributed by atoms with van der Waals surface area (Å²) in [6.07, 6.45) is 0. The molecule has 0 aliphatic heterocycles. The van der Waals surface area contributed by atoms with Crippen molar-refractivity contribution in [2.24, 2.45) is 0 Å². The lowest BCUT2D eigenvalue weighted by molar-refractivity contribution is 0.103. The first kappa shape index (κ1) is 17.5. The number of carbonyl (C=O) groups is 1. The van der Waals surface area contributed by atoms with Gasteiger partial charge in [-0.15, -0.1) is 0 Å². The van der Waals surface area contributed by atoms with Crippen LogP contribution in [0.5, 0.6) is 23.0 Å². The number of carbonyl (C=O) groups excluding carboxylic acids is 1. The van der Waals surface area contributed by atoms with Gasteiger partial charge in [0.25, 0.3) is 0 Å². The van der Waals surface area contributed by atoms with Crippen molar-refractivity contribution in [2.75, 3.05) is 14.2 Å². The number of phenolic OH excluding ortho intramolecular Hbond substituents is 1. The van der Waals surface area contributed by atoms with Gasteiger partial charge in [-0.1, -0.05) is 6.07 Å². The summed E-state index contributed by atoms with van der Waals surface area (Å²) < 4.78 is 10.1. The molecule has 1 heterocycles. The summed E-state index contributed by atoms with van der Waals surface area (Å²) in [7, 11) is 2.75. The Kier molecular flexibility index (Phi) is 4.64. The molecule has 3 rings (SSSR count). The van der Waals surface area contributed by atoms with Crippen LogP contribution in [-0.2, 0) is 6.61 Å². The van der Waals surface area contributed by atoms with Gasteiger partial charge in [0.2, 0.25) is 11.5 Å². The molecule has 0 spiro atoms. The Morgan fingerprint density at radius 3 is 2.23 bits per heavy atom. The van der Waals surface area contributed by atoms with E-state index < -0.39 is 5.78 Å². The molecule has 0 bridgehead atoms. The van der Waals surface area contributed by atoms with E-state index in [9.17, 15) is 20.1 Å². The largest absolute Gasteiger partial charge is 0.507 e. The average Bonchev–Trinajstić information content (AvgIpc) is 2.67. The van der Waals surface area contributed by atoms with Crippen molar-refractivity contribution in [2.45, 2.75) is 6.61 Å². The number of aliphatic hydroxyl groups excluding tert-OH is 1. The van der Waals surface area contributed by atoms with Crippen LogP contribution in [0.15, 0.2) is 36.4 Å². The lowest BCUT2D eigenvalue weighted by Crippen LogP contribution is -2.05. The SMILES string of the molecule is COc1cc(C(=O)c2ccc3c(O)c(CO)ccc3n2)cc(OC)c1O. The van der Waals surface area contributed by atoms with Crippen molar-refractivity contribution in [3.8, 4) is 23.0 Å². The van der Waals surface area contributed by atoms with Crippen molar-refractivity contribution < 1.29 is 29.6 Å². The minimum atomic E-state index is -0.394. The fraction of sp³-hybridized carbons (Fsp3) is 0.158. The van der Waals surface area contributed by atoms with Crippen LogP contribution in [0.4, 0.5) is 0 Å². The third-order valence-electron chi connectivity index (χ3n) is 4.07. The summed E-state index contributed by atoms with van der Waals surface area (Å²) in [5, 5.41) is 29.7. The number of nitrogens with zero attached hydrogens (tertiary/aromatic N) is 1. The number of phenols is 2. The first-order chi connectivity index (χ1) is 12.5. The van der Waals surface area contributed by atoms with Gasteiger partial charge in [0.05, 0.1) is 26.3 Å². The maximum absolute atomic E-state index is 12.8. The fourth-order valence-corrected chi connectivity index (χ4v) is 2.66. The van der Waals surface area contributed by atoms with Crippen LogP contribution in [0.1, 0.15) is 21.6 Å². The van der Waals surface area contributed by atoms with Crippen LogP contribution >= 0.6 is 0 Å². The Hall–Kier alpha value is -3.32. The van der Waals surface area contributed by atoms with Crippen LogP contribution in [0.25, 0.3) is 10.9 Å². The van der Waals surface area contributed by atoms with Crippen LogP contribution in [0.3, 0.4) is 0 Å². The molecule has 0 radical (unpaired) electrons. The number of hydrogen-bond donors (Lipinski definition) is 3. The van der Waals surface area contributed by atoms with Crippen molar-refractivity contribution in [1.29, 1.82) is 0 Å². The summed E-state index contributed by atoms with van der Waals surface area (Å²) in [6.45, 7) is -0.296. The van der Waals surface area contributed by atoms with Gasteiger partial charge in [-0.3, -0.25) is 4.79 Å². The molecule has 26 heavy (non-hydrogen) atoms. The van der Waals surface area contributed by atoms with Crippen molar-refractivity contribution in [3.05, 3.63) is 53.2 Å². The van der Waals surface area contributed by atoms with E-state index in [1.807, 2.05) is 0 Å². The molecule has 0 saturated heterocycles. The van der Waals surface area contributed by atoms with E-state index in [2.05, 4.69) is 4.98 Å². The number of aromatic hydroxyl groups is 2. The molecule has 0 unspecified atom stereocenters. The molecule has 0 amide bonds. The maximum Gasteiger partial charge on any atom is 0.211 e. The summed E-state index contributed by atoms with van der Waals surface area (Å²) >= 11 is 0. The minimum absolute atomic E-state index is 0.0653. The number of hydrogen-bond acceptors (Lipinski definition) is 7. The second kappa shape index (κ2) is 6.89. The normalized spacial score (nSPS) is 10.7. The number of fused-ring (bicyclic) bond motifs is 1. The quantitative estimate of drug-likeness (QED) is 0.603. The van der Waals surface area contributed by atoms with Gasteiger partial charge < -0.3 is 24.8 Å². The average molecular weight is 355 g/mol. The fourth-order valence-electron chi connectivity index (χ4n) is 2.66. The zero-order valence-electron chi connectivity index (χ0n) is 14.2. The Morgan fingerprint density at radius 2 is 1.65 bits per heavy atom. The summed E-state index contributed by atoms with van der Waals surface area (Å²) in [5.74, 6) is -0.435. The van der Waals surface area contributed by atoms with Gasteiger partial charge in [0, 0.05) is 16.5 Å². The lowest BCUT2D eigenvalue weighted by atomic mass is 10.0. The summed E-state index contributed by atoms with van der Waals surface area (Å²) in [4.78, 5) is 17.1. The second-order valence-electron chi connectivity index (χ2n) is 5.55. The van der Waals surface area contributed by atoms with E-state index in [0.29, 0.717) is 16.5 Å². The molecule has 2 aromatic carbocycles. The Balaban J connectivity index is 2.08. The lowest BCUT2D eigenvalue weighted by Gasteiger charge is -2.11. The molecule has 0 saturated carbocycles. The number of pyridine rings is 1. The maximum atomic E-state index is 12.8. The van der Waals surface area contributed by atoms with E-state index in [-0.39, 0.29) is 40.9 Å². The van der Waals surface area contributed by atoms with Crippen molar-refractivity contribution in [3.63, 3.8) is 0 Å². The van der Waals surface area contributed by atoms with Crippen LogP contribution in [0, 0.1) is 0 Å². The first-order valence-corrected chi connectivity index (χ1v) is 7.72. The number of rotatable bonds is 5. The van der Waals surface area contributed by atoms with E-state index in [0.717, 1.165) is 0 Å². The zero-order valence-corrected chi connectivity index (χ0v) is 14.2. The highest BCUT2D eigenvalue weighted by molar-refractivity contribution is 6.09. The highest BCUT2D eigenvalue weighted by atomic mass is 16.5. The third kappa shape index (κ3) is 2.89. The van der Waals surface area contributed by atoms with Crippen LogP contribution in [-0.4, -0.2) is 40.3 Å². The number of aliphatic hydroxyl groups is 1. The number of ketones is 1. The van der Waals surface area contributed by atoms with E-state index in [1.165, 1.54) is 32.4 Å². The first-order valence-electron chi connectivity index (χ1n) is 7.72. The molecule has 7 heteroatoms. The molecule has 3 aromatic rings. The molecule has 0 aliphatic carbocycles. The summed E-state index contributed by atoms with van der Waals surface area (Å²) in [5.41, 5.74) is 1.19. The topological polar surface area (TPSA) is 109 Å². The molecule has 134 valence electrons.